The van der Waals surface area contributed by atoms with Gasteiger partial charge >= 0.3 is 0 Å². The van der Waals surface area contributed by atoms with E-state index in [-0.39, 0.29) is 18.1 Å². The van der Waals surface area contributed by atoms with Crippen molar-refractivity contribution in [3.05, 3.63) is 64.9 Å². The van der Waals surface area contributed by atoms with E-state index in [1.54, 1.807) is 13.2 Å². The first-order valence-electron chi connectivity index (χ1n) is 11.4. The number of fused-ring (bicyclic) bond motifs is 1. The second-order valence-electron chi connectivity index (χ2n) is 8.70. The molecule has 2 atom stereocenters. The van der Waals surface area contributed by atoms with Gasteiger partial charge < -0.3 is 14.4 Å². The number of carbonyl (C=O) groups excluding carboxylic acids is 1. The van der Waals surface area contributed by atoms with Crippen LogP contribution in [0.3, 0.4) is 0 Å². The van der Waals surface area contributed by atoms with E-state index < -0.39 is 0 Å². The largest absolute Gasteiger partial charge is 0.508 e. The third-order valence-corrected chi connectivity index (χ3v) is 6.65. The number of ether oxygens (including phenoxy) is 2. The highest BCUT2D eigenvalue weighted by molar-refractivity contribution is 5.79. The van der Waals surface area contributed by atoms with Crippen LogP contribution in [0.15, 0.2) is 36.7 Å². The maximum absolute atomic E-state index is 13.1. The molecule has 3 aromatic rings. The Balaban J connectivity index is 1.19. The molecule has 0 saturated carbocycles. The van der Waals surface area contributed by atoms with Crippen LogP contribution in [0.25, 0.3) is 10.7 Å². The standard InChI is InChI=1S/C24H26N8O3/c1-16-17(5-7-23(27-16)32-15-26-28-29-32)11-24(33)31-9-8-30-13-22(35-14-19(30)12-31)18-4-6-20(25-2)21(10-18)34-3/h4-7,10,15,19,22H,8-9,11-14H2,1,3H3/t19-,22+/m0/s1. The van der Waals surface area contributed by atoms with Crippen LogP contribution in [0.5, 0.6) is 5.75 Å². The quantitative estimate of drug-likeness (QED) is 0.516. The number of aryl methyl sites for hydroxylation is 1. The minimum Gasteiger partial charge on any atom is -0.508 e. The van der Waals surface area contributed by atoms with Crippen molar-refractivity contribution in [3.63, 3.8) is 0 Å². The third-order valence-electron chi connectivity index (χ3n) is 6.65. The minimum atomic E-state index is -0.0883. The number of benzene rings is 1. The number of methoxy groups -OCH3 is 1. The molecule has 2 aliphatic rings. The van der Waals surface area contributed by atoms with Gasteiger partial charge in [-0.25, -0.2) is 9.83 Å². The lowest BCUT2D eigenvalue weighted by atomic mass is 10.0. The molecular weight excluding hydrogens is 448 g/mol. The summed E-state index contributed by atoms with van der Waals surface area (Å²) in [5.74, 6) is 1.27. The van der Waals surface area contributed by atoms with E-state index in [1.807, 2.05) is 36.1 Å². The van der Waals surface area contributed by atoms with E-state index in [1.165, 1.54) is 11.0 Å². The Kier molecular flexibility index (Phi) is 6.39. The van der Waals surface area contributed by atoms with Crippen molar-refractivity contribution >= 4 is 11.6 Å². The van der Waals surface area contributed by atoms with Crippen molar-refractivity contribution in [2.45, 2.75) is 25.5 Å². The molecule has 35 heavy (non-hydrogen) atoms. The first-order chi connectivity index (χ1) is 17.1. The van der Waals surface area contributed by atoms with E-state index in [0.29, 0.717) is 43.4 Å². The summed E-state index contributed by atoms with van der Waals surface area (Å²) in [7, 11) is 1.57. The number of hydrogen-bond donors (Lipinski definition) is 0. The van der Waals surface area contributed by atoms with Gasteiger partial charge in [0.1, 0.15) is 12.1 Å². The number of amides is 1. The average molecular weight is 475 g/mol. The van der Waals surface area contributed by atoms with Gasteiger partial charge in [-0.1, -0.05) is 18.2 Å². The molecule has 0 unspecified atom stereocenters. The molecule has 0 bridgehead atoms. The maximum Gasteiger partial charge on any atom is 0.228 e. The van der Waals surface area contributed by atoms with E-state index in [0.717, 1.165) is 29.9 Å². The number of nitrogens with zero attached hydrogens (tertiary/aromatic N) is 8. The van der Waals surface area contributed by atoms with E-state index >= 15 is 0 Å². The summed E-state index contributed by atoms with van der Waals surface area (Å²) in [6, 6.07) is 9.49. The van der Waals surface area contributed by atoms with Crippen LogP contribution in [0.4, 0.5) is 5.69 Å². The summed E-state index contributed by atoms with van der Waals surface area (Å²) in [6.07, 6.45) is 1.70. The molecule has 0 radical (unpaired) electrons. The molecule has 180 valence electrons. The number of piperazine rings is 1. The lowest BCUT2D eigenvalue weighted by molar-refractivity contribution is -0.139. The zero-order valence-electron chi connectivity index (χ0n) is 19.7. The number of tetrazole rings is 1. The van der Waals surface area contributed by atoms with Crippen LogP contribution in [0.2, 0.25) is 0 Å². The number of pyridine rings is 1. The molecule has 5 rings (SSSR count). The summed E-state index contributed by atoms with van der Waals surface area (Å²) in [5.41, 5.74) is 3.17. The Hall–Kier alpha value is -3.88. The maximum atomic E-state index is 13.1. The number of morpholine rings is 1. The predicted molar refractivity (Wildman–Crippen MR) is 125 cm³/mol. The highest BCUT2D eigenvalue weighted by Gasteiger charge is 2.35. The lowest BCUT2D eigenvalue weighted by Gasteiger charge is -2.46. The minimum absolute atomic E-state index is 0.0883. The Labute approximate surface area is 203 Å². The number of carbonyl (C=O) groups is 1. The van der Waals surface area contributed by atoms with E-state index in [2.05, 4.69) is 30.3 Å². The molecule has 1 amide bonds. The van der Waals surface area contributed by atoms with Crippen LogP contribution in [0, 0.1) is 13.5 Å². The van der Waals surface area contributed by atoms with Gasteiger partial charge in [-0.3, -0.25) is 9.69 Å². The van der Waals surface area contributed by atoms with E-state index in [4.69, 9.17) is 16.0 Å². The zero-order chi connectivity index (χ0) is 24.4. The van der Waals surface area contributed by atoms with Crippen LogP contribution in [0.1, 0.15) is 22.9 Å². The van der Waals surface area contributed by atoms with Crippen LogP contribution >= 0.6 is 0 Å². The Morgan fingerprint density at radius 2 is 2.14 bits per heavy atom. The van der Waals surface area contributed by atoms with Crippen LogP contribution in [-0.4, -0.2) is 86.8 Å². The van der Waals surface area contributed by atoms with Crippen LogP contribution in [-0.2, 0) is 16.0 Å². The van der Waals surface area contributed by atoms with Gasteiger partial charge in [0.05, 0.1) is 38.9 Å². The molecule has 2 aromatic heterocycles. The second-order valence-corrected chi connectivity index (χ2v) is 8.70. The molecule has 0 spiro atoms. The lowest BCUT2D eigenvalue weighted by Crippen LogP contribution is -2.59. The monoisotopic (exact) mass is 474 g/mol. The summed E-state index contributed by atoms with van der Waals surface area (Å²) in [5, 5.41) is 11.1. The predicted octanol–water partition coefficient (Wildman–Crippen LogP) is 1.75. The van der Waals surface area contributed by atoms with Gasteiger partial charge in [-0.05, 0) is 40.6 Å². The fourth-order valence-corrected chi connectivity index (χ4v) is 4.63. The fraction of sp³-hybridized carbons (Fsp3) is 0.417. The Morgan fingerprint density at radius 3 is 2.89 bits per heavy atom. The van der Waals surface area contributed by atoms with Crippen molar-refractivity contribution in [2.75, 3.05) is 39.9 Å². The van der Waals surface area contributed by atoms with Gasteiger partial charge in [0, 0.05) is 31.9 Å². The third kappa shape index (κ3) is 4.71. The van der Waals surface area contributed by atoms with Gasteiger partial charge in [-0.2, -0.15) is 4.68 Å². The van der Waals surface area contributed by atoms with Crippen molar-refractivity contribution in [1.82, 2.24) is 35.0 Å². The Morgan fingerprint density at radius 1 is 1.26 bits per heavy atom. The highest BCUT2D eigenvalue weighted by Crippen LogP contribution is 2.34. The number of rotatable bonds is 5. The fourth-order valence-electron chi connectivity index (χ4n) is 4.63. The first kappa shape index (κ1) is 22.9. The smallest absolute Gasteiger partial charge is 0.228 e. The molecule has 11 heteroatoms. The highest BCUT2D eigenvalue weighted by atomic mass is 16.5. The molecule has 2 saturated heterocycles. The molecule has 4 heterocycles. The summed E-state index contributed by atoms with van der Waals surface area (Å²) in [4.78, 5) is 25.4. The molecule has 0 N–H and O–H groups in total. The normalized spacial score (nSPS) is 20.2. The topological polar surface area (TPSA) is 103 Å². The molecule has 11 nitrogen and oxygen atoms in total. The molecule has 2 fully saturated rings. The molecule has 2 aliphatic heterocycles. The zero-order valence-corrected chi connectivity index (χ0v) is 19.7. The molecule has 1 aromatic carbocycles. The second kappa shape index (κ2) is 9.77. The van der Waals surface area contributed by atoms with Gasteiger partial charge in [0.25, 0.3) is 0 Å². The average Bonchev–Trinajstić information content (AvgIpc) is 3.44. The summed E-state index contributed by atoms with van der Waals surface area (Å²) in [6.45, 7) is 12.6. The molecule has 0 aliphatic carbocycles. The van der Waals surface area contributed by atoms with Crippen molar-refractivity contribution < 1.29 is 14.3 Å². The summed E-state index contributed by atoms with van der Waals surface area (Å²) >= 11 is 0. The van der Waals surface area contributed by atoms with Crippen molar-refractivity contribution in [1.29, 1.82) is 0 Å². The van der Waals surface area contributed by atoms with Gasteiger partial charge in [0.2, 0.25) is 11.6 Å². The number of hydrogen-bond acceptors (Lipinski definition) is 8. The summed E-state index contributed by atoms with van der Waals surface area (Å²) < 4.78 is 13.0. The van der Waals surface area contributed by atoms with E-state index in [9.17, 15) is 4.79 Å². The Bertz CT molecular complexity index is 1260. The number of aromatic nitrogens is 5. The van der Waals surface area contributed by atoms with Gasteiger partial charge in [0.15, 0.2) is 5.82 Å². The van der Waals surface area contributed by atoms with Crippen molar-refractivity contribution in [3.8, 4) is 11.6 Å². The van der Waals surface area contributed by atoms with Crippen LogP contribution < -0.4 is 4.74 Å². The SMILES string of the molecule is [C-]#[N+]c1ccc([C@H]2CN3CCN(C(=O)Cc4ccc(-n5cnnn5)nc4C)C[C@H]3CO2)cc1OC. The molecular formula is C24H26N8O3. The van der Waals surface area contributed by atoms with Crippen molar-refractivity contribution in [2.24, 2.45) is 0 Å². The first-order valence-corrected chi connectivity index (χ1v) is 11.4. The van der Waals surface area contributed by atoms with Gasteiger partial charge in [-0.15, -0.1) is 5.10 Å².